The summed E-state index contributed by atoms with van der Waals surface area (Å²) in [6, 6.07) is 4.43. The van der Waals surface area contributed by atoms with Crippen LogP contribution < -0.4 is 10.0 Å². The van der Waals surface area contributed by atoms with Crippen LogP contribution in [0.25, 0.3) is 0 Å². The zero-order valence-corrected chi connectivity index (χ0v) is 21.0. The van der Waals surface area contributed by atoms with E-state index in [0.29, 0.717) is 29.7 Å². The fourth-order valence-corrected chi connectivity index (χ4v) is 5.32. The maximum Gasteiger partial charge on any atom is 0.407 e. The van der Waals surface area contributed by atoms with Gasteiger partial charge in [-0.1, -0.05) is 17.7 Å². The smallest absolute Gasteiger partial charge is 0.407 e. The van der Waals surface area contributed by atoms with Crippen LogP contribution in [-0.4, -0.2) is 42.3 Å². The molecular weight excluding hydrogens is 524 g/mol. The van der Waals surface area contributed by atoms with Gasteiger partial charge in [0, 0.05) is 17.6 Å². The Kier molecular flexibility index (Phi) is 7.21. The fraction of sp³-hybridized carbons (Fsp3) is 0.450. The summed E-state index contributed by atoms with van der Waals surface area (Å²) in [6.07, 6.45) is 2.05. The number of carbonyl (C=O) groups excluding carboxylic acids is 2. The van der Waals surface area contributed by atoms with Crippen LogP contribution in [0.1, 0.15) is 43.2 Å². The van der Waals surface area contributed by atoms with Crippen molar-refractivity contribution >= 4 is 49.6 Å². The molecule has 0 saturated heterocycles. The van der Waals surface area contributed by atoms with Gasteiger partial charge in [-0.25, -0.2) is 17.9 Å². The minimum absolute atomic E-state index is 0.0156. The van der Waals surface area contributed by atoms with E-state index in [4.69, 9.17) is 16.3 Å². The van der Waals surface area contributed by atoms with Gasteiger partial charge in [0.25, 0.3) is 15.9 Å². The fourth-order valence-electron chi connectivity index (χ4n) is 3.33. The summed E-state index contributed by atoms with van der Waals surface area (Å²) in [6.45, 7) is 6.27. The minimum atomic E-state index is -4.19. The third kappa shape index (κ3) is 5.81. The lowest BCUT2D eigenvalue weighted by Crippen LogP contribution is -2.37. The molecular formula is C20H24BrClN4O5S. The molecule has 1 atom stereocenters. The van der Waals surface area contributed by atoms with Crippen molar-refractivity contribution in [3.05, 3.63) is 45.1 Å². The van der Waals surface area contributed by atoms with Gasteiger partial charge < -0.3 is 10.1 Å². The SMILES string of the molecule is CC(C)(C)OC(=O)NCC1CCn2ncc(C(=O)NS(=O)(=O)c3cccc(Br)c3Cl)c2C1. The van der Waals surface area contributed by atoms with Crippen molar-refractivity contribution in [3.63, 3.8) is 0 Å². The summed E-state index contributed by atoms with van der Waals surface area (Å²) >= 11 is 9.26. The second-order valence-corrected chi connectivity index (χ2v) is 11.3. The van der Waals surface area contributed by atoms with Crippen LogP contribution in [0.2, 0.25) is 5.02 Å². The molecule has 1 aromatic carbocycles. The Bertz CT molecular complexity index is 1140. The molecule has 0 fully saturated rings. The van der Waals surface area contributed by atoms with E-state index in [1.54, 1.807) is 31.5 Å². The van der Waals surface area contributed by atoms with Crippen LogP contribution in [0, 0.1) is 5.92 Å². The van der Waals surface area contributed by atoms with E-state index in [9.17, 15) is 18.0 Å². The molecule has 2 amide bonds. The number of benzene rings is 1. The standard InChI is InChI=1S/C20H24BrClN4O5S/c1-20(2,3)31-19(28)23-10-12-7-8-26-15(9-12)13(11-24-26)18(27)25-32(29,30)16-6-4-5-14(21)17(16)22/h4-6,11-12H,7-10H2,1-3H3,(H,23,28)(H,25,27). The molecule has 0 radical (unpaired) electrons. The molecule has 3 rings (SSSR count). The number of nitrogens with zero attached hydrogens (tertiary/aromatic N) is 2. The third-order valence-corrected chi connectivity index (χ3v) is 7.57. The maximum atomic E-state index is 12.8. The topological polar surface area (TPSA) is 119 Å². The molecule has 1 aliphatic rings. The highest BCUT2D eigenvalue weighted by Gasteiger charge is 2.29. The third-order valence-electron chi connectivity index (χ3n) is 4.79. The number of alkyl carbamates (subject to hydrolysis) is 1. The number of ether oxygens (including phenoxy) is 1. The molecule has 174 valence electrons. The van der Waals surface area contributed by atoms with Crippen LogP contribution in [0.5, 0.6) is 0 Å². The monoisotopic (exact) mass is 546 g/mol. The first-order valence-electron chi connectivity index (χ1n) is 9.90. The predicted octanol–water partition coefficient (Wildman–Crippen LogP) is 3.50. The molecule has 0 saturated carbocycles. The number of amides is 2. The van der Waals surface area contributed by atoms with E-state index in [1.165, 1.54) is 18.3 Å². The second kappa shape index (κ2) is 9.40. The second-order valence-electron chi connectivity index (χ2n) is 8.46. The van der Waals surface area contributed by atoms with E-state index in [-0.39, 0.29) is 21.4 Å². The van der Waals surface area contributed by atoms with Crippen molar-refractivity contribution in [3.8, 4) is 0 Å². The van der Waals surface area contributed by atoms with Gasteiger partial charge in [-0.3, -0.25) is 9.48 Å². The number of sulfonamides is 1. The predicted molar refractivity (Wildman–Crippen MR) is 122 cm³/mol. The van der Waals surface area contributed by atoms with Gasteiger partial charge in [0.15, 0.2) is 0 Å². The molecule has 0 aliphatic carbocycles. The van der Waals surface area contributed by atoms with Crippen molar-refractivity contribution in [2.45, 2.75) is 50.7 Å². The Morgan fingerprint density at radius 3 is 2.75 bits per heavy atom. The molecule has 2 N–H and O–H groups in total. The number of hydrogen-bond donors (Lipinski definition) is 2. The van der Waals surface area contributed by atoms with Crippen LogP contribution in [0.4, 0.5) is 4.79 Å². The van der Waals surface area contributed by atoms with E-state index in [0.717, 1.165) is 6.42 Å². The maximum absolute atomic E-state index is 12.8. The first-order chi connectivity index (χ1) is 14.9. The summed E-state index contributed by atoms with van der Waals surface area (Å²) in [5.41, 5.74) is 0.186. The molecule has 12 heteroatoms. The van der Waals surface area contributed by atoms with Crippen molar-refractivity contribution in [2.24, 2.45) is 5.92 Å². The van der Waals surface area contributed by atoms with Crippen LogP contribution >= 0.6 is 27.5 Å². The normalized spacial score (nSPS) is 16.2. The van der Waals surface area contributed by atoms with Gasteiger partial charge in [-0.05, 0) is 67.6 Å². The van der Waals surface area contributed by atoms with Crippen molar-refractivity contribution in [2.75, 3.05) is 6.54 Å². The number of carbonyl (C=O) groups is 2. The van der Waals surface area contributed by atoms with Gasteiger partial charge in [0.2, 0.25) is 0 Å². The first-order valence-corrected chi connectivity index (χ1v) is 12.6. The molecule has 1 aromatic heterocycles. The van der Waals surface area contributed by atoms with Crippen molar-refractivity contribution in [1.29, 1.82) is 0 Å². The Morgan fingerprint density at radius 1 is 1.34 bits per heavy atom. The van der Waals surface area contributed by atoms with Gasteiger partial charge >= 0.3 is 6.09 Å². The molecule has 2 heterocycles. The van der Waals surface area contributed by atoms with Crippen molar-refractivity contribution < 1.29 is 22.7 Å². The summed E-state index contributed by atoms with van der Waals surface area (Å²) in [5, 5.41) is 6.94. The Hall–Kier alpha value is -2.11. The average Bonchev–Trinajstić information content (AvgIpc) is 3.10. The molecule has 9 nitrogen and oxygen atoms in total. The average molecular weight is 548 g/mol. The zero-order chi connectivity index (χ0) is 23.7. The van der Waals surface area contributed by atoms with E-state index >= 15 is 0 Å². The van der Waals surface area contributed by atoms with E-state index in [2.05, 4.69) is 31.1 Å². The van der Waals surface area contributed by atoms with Gasteiger partial charge in [-0.15, -0.1) is 0 Å². The summed E-state index contributed by atoms with van der Waals surface area (Å²) < 4.78 is 34.8. The van der Waals surface area contributed by atoms with Crippen molar-refractivity contribution in [1.82, 2.24) is 19.8 Å². The molecule has 0 spiro atoms. The molecule has 0 bridgehead atoms. The molecule has 1 aliphatic heterocycles. The first kappa shape index (κ1) is 24.5. The molecule has 1 unspecified atom stereocenters. The lowest BCUT2D eigenvalue weighted by atomic mass is 9.94. The number of rotatable bonds is 5. The number of aryl methyl sites for hydroxylation is 1. The highest BCUT2D eigenvalue weighted by molar-refractivity contribution is 9.10. The highest BCUT2D eigenvalue weighted by atomic mass is 79.9. The Morgan fingerprint density at radius 2 is 2.06 bits per heavy atom. The number of hydrogen-bond acceptors (Lipinski definition) is 6. The summed E-state index contributed by atoms with van der Waals surface area (Å²) in [5.74, 6) is -0.738. The molecule has 2 aromatic rings. The zero-order valence-electron chi connectivity index (χ0n) is 17.8. The Balaban J connectivity index is 1.70. The van der Waals surface area contributed by atoms with Crippen LogP contribution in [-0.2, 0) is 27.7 Å². The van der Waals surface area contributed by atoms with Crippen LogP contribution in [0.3, 0.4) is 0 Å². The lowest BCUT2D eigenvalue weighted by Gasteiger charge is -2.25. The lowest BCUT2D eigenvalue weighted by molar-refractivity contribution is 0.0516. The van der Waals surface area contributed by atoms with Crippen LogP contribution in [0.15, 0.2) is 33.8 Å². The number of aromatic nitrogens is 2. The quantitative estimate of drug-likeness (QED) is 0.591. The summed E-state index contributed by atoms with van der Waals surface area (Å²) in [4.78, 5) is 24.5. The van der Waals surface area contributed by atoms with Gasteiger partial charge in [0.1, 0.15) is 10.5 Å². The molecule has 32 heavy (non-hydrogen) atoms. The highest BCUT2D eigenvalue weighted by Crippen LogP contribution is 2.29. The number of halogens is 2. The van der Waals surface area contributed by atoms with E-state index < -0.39 is 27.6 Å². The minimum Gasteiger partial charge on any atom is -0.444 e. The largest absolute Gasteiger partial charge is 0.444 e. The van der Waals surface area contributed by atoms with Gasteiger partial charge in [0.05, 0.1) is 22.5 Å². The number of fused-ring (bicyclic) bond motifs is 1. The summed E-state index contributed by atoms with van der Waals surface area (Å²) in [7, 11) is -4.19. The van der Waals surface area contributed by atoms with E-state index in [1.807, 2.05) is 0 Å². The van der Waals surface area contributed by atoms with Gasteiger partial charge in [-0.2, -0.15) is 5.10 Å². The Labute approximate surface area is 200 Å². The number of nitrogens with one attached hydrogen (secondary N) is 2.